The first-order valence-corrected chi connectivity index (χ1v) is 13.8. The molecule has 6 heteroatoms. The van der Waals surface area contributed by atoms with Gasteiger partial charge in [-0.15, -0.1) is 0 Å². The van der Waals surface area contributed by atoms with Gasteiger partial charge >= 0.3 is 5.97 Å². The molecular weight excluding hydrogens is 448 g/mol. The molecule has 0 spiro atoms. The minimum atomic E-state index is -0.622. The molecule has 2 saturated heterocycles. The van der Waals surface area contributed by atoms with Crippen molar-refractivity contribution in [2.24, 2.45) is 11.8 Å². The Balaban J connectivity index is 1.15. The Kier molecular flexibility index (Phi) is 6.81. The summed E-state index contributed by atoms with van der Waals surface area (Å²) in [6.07, 6.45) is 8.75. The molecule has 6 rings (SSSR count). The molecule has 0 unspecified atom stereocenters. The Hall–Kier alpha value is -2.70. The minimum Gasteiger partial charge on any atom is -0.480 e. The molecule has 3 fully saturated rings. The minimum absolute atomic E-state index is 0.304. The number of aromatic nitrogens is 2. The number of para-hydroxylation sites is 2. The Labute approximate surface area is 213 Å². The van der Waals surface area contributed by atoms with Crippen molar-refractivity contribution in [3.63, 3.8) is 0 Å². The summed E-state index contributed by atoms with van der Waals surface area (Å²) >= 11 is 0. The van der Waals surface area contributed by atoms with E-state index in [-0.39, 0.29) is 6.04 Å². The number of hydrogen-bond acceptors (Lipinski definition) is 4. The Morgan fingerprint density at radius 1 is 0.944 bits per heavy atom. The number of benzene rings is 2. The molecule has 3 heterocycles. The summed E-state index contributed by atoms with van der Waals surface area (Å²) in [7, 11) is 0. The molecule has 2 aromatic carbocycles. The van der Waals surface area contributed by atoms with Crippen molar-refractivity contribution in [1.29, 1.82) is 0 Å². The van der Waals surface area contributed by atoms with E-state index < -0.39 is 5.97 Å². The van der Waals surface area contributed by atoms with E-state index in [1.54, 1.807) is 0 Å². The standard InChI is InChI=1S/C30H38N4O2/c35-30(36)29(23-10-4-5-11-23)33-19-24(26(20-33)22-8-2-1-3-9-22)18-32-16-14-25(15-17-32)34-21-31-27-12-6-7-13-28(27)34/h1-3,6-9,12-13,21,23-26,29H,4-5,10-11,14-20H2,(H,35,36)/t24-,26+,29+/m0/s1. The summed E-state index contributed by atoms with van der Waals surface area (Å²) in [4.78, 5) is 22.0. The zero-order chi connectivity index (χ0) is 24.5. The smallest absolute Gasteiger partial charge is 0.321 e. The number of carboxylic acids is 1. The largest absolute Gasteiger partial charge is 0.480 e. The number of rotatable bonds is 7. The summed E-state index contributed by atoms with van der Waals surface area (Å²) in [5.41, 5.74) is 3.67. The van der Waals surface area contributed by atoms with Gasteiger partial charge in [0.1, 0.15) is 6.04 Å². The molecule has 1 aliphatic carbocycles. The number of carboxylic acid groups (broad SMARTS) is 1. The molecular formula is C30H38N4O2. The fourth-order valence-electron chi connectivity index (χ4n) is 7.30. The van der Waals surface area contributed by atoms with Crippen molar-refractivity contribution in [2.75, 3.05) is 32.7 Å². The first-order valence-electron chi connectivity index (χ1n) is 13.8. The number of nitrogens with zero attached hydrogens (tertiary/aromatic N) is 4. The first kappa shape index (κ1) is 23.7. The zero-order valence-electron chi connectivity index (χ0n) is 21.1. The maximum Gasteiger partial charge on any atom is 0.321 e. The van der Waals surface area contributed by atoms with Crippen LogP contribution in [0.3, 0.4) is 0 Å². The molecule has 190 valence electrons. The Morgan fingerprint density at radius 3 is 2.42 bits per heavy atom. The van der Waals surface area contributed by atoms with Gasteiger partial charge in [-0.2, -0.15) is 0 Å². The fourth-order valence-corrected chi connectivity index (χ4v) is 7.30. The molecule has 1 saturated carbocycles. The molecule has 1 N–H and O–H groups in total. The number of likely N-dealkylation sites (tertiary alicyclic amines) is 2. The fraction of sp³-hybridized carbons (Fsp3) is 0.533. The summed E-state index contributed by atoms with van der Waals surface area (Å²) in [5, 5.41) is 10.2. The monoisotopic (exact) mass is 486 g/mol. The van der Waals surface area contributed by atoms with Gasteiger partial charge in [0, 0.05) is 44.7 Å². The van der Waals surface area contributed by atoms with E-state index in [2.05, 4.69) is 73.9 Å². The van der Waals surface area contributed by atoms with Crippen LogP contribution >= 0.6 is 0 Å². The van der Waals surface area contributed by atoms with Crippen molar-refractivity contribution >= 4 is 17.0 Å². The molecule has 3 aromatic rings. The SMILES string of the molecule is O=C(O)[C@@H](C1CCCC1)N1C[C@H](CN2CCC(n3cnc4ccccc43)CC2)[C@@H](c2ccccc2)C1. The average molecular weight is 487 g/mol. The maximum atomic E-state index is 12.4. The van der Waals surface area contributed by atoms with Gasteiger partial charge in [-0.05, 0) is 55.2 Å². The van der Waals surface area contributed by atoms with E-state index >= 15 is 0 Å². The van der Waals surface area contributed by atoms with E-state index in [1.807, 2.05) is 6.33 Å². The molecule has 1 aromatic heterocycles. The molecule has 0 bridgehead atoms. The third-order valence-corrected chi connectivity index (χ3v) is 9.11. The molecule has 2 aliphatic heterocycles. The van der Waals surface area contributed by atoms with Crippen molar-refractivity contribution in [1.82, 2.24) is 19.4 Å². The zero-order valence-corrected chi connectivity index (χ0v) is 21.1. The molecule has 3 aliphatic rings. The second-order valence-corrected chi connectivity index (χ2v) is 11.2. The average Bonchev–Trinajstić information content (AvgIpc) is 3.66. The normalized spacial score (nSPS) is 25.6. The highest BCUT2D eigenvalue weighted by Gasteiger charge is 2.43. The lowest BCUT2D eigenvalue weighted by Gasteiger charge is -2.35. The molecule has 36 heavy (non-hydrogen) atoms. The summed E-state index contributed by atoms with van der Waals surface area (Å²) in [6, 6.07) is 19.4. The van der Waals surface area contributed by atoms with Gasteiger partial charge in [-0.25, -0.2) is 4.98 Å². The van der Waals surface area contributed by atoms with Crippen molar-refractivity contribution < 1.29 is 9.90 Å². The summed E-state index contributed by atoms with van der Waals surface area (Å²) < 4.78 is 2.37. The second-order valence-electron chi connectivity index (χ2n) is 11.2. The molecule has 3 atom stereocenters. The van der Waals surface area contributed by atoms with E-state index in [0.29, 0.717) is 23.8 Å². The Morgan fingerprint density at radius 2 is 1.67 bits per heavy atom. The highest BCUT2D eigenvalue weighted by molar-refractivity contribution is 5.75. The number of carbonyl (C=O) groups is 1. The van der Waals surface area contributed by atoms with E-state index in [1.165, 1.54) is 23.9 Å². The predicted molar refractivity (Wildman–Crippen MR) is 142 cm³/mol. The van der Waals surface area contributed by atoms with Crippen molar-refractivity contribution in [2.45, 2.75) is 56.5 Å². The van der Waals surface area contributed by atoms with Crippen LogP contribution in [0, 0.1) is 11.8 Å². The van der Waals surface area contributed by atoms with Gasteiger partial charge in [-0.1, -0.05) is 55.3 Å². The van der Waals surface area contributed by atoms with Gasteiger partial charge < -0.3 is 14.6 Å². The Bertz CT molecular complexity index is 1160. The topological polar surface area (TPSA) is 61.6 Å². The number of imidazole rings is 1. The van der Waals surface area contributed by atoms with Gasteiger partial charge in [0.05, 0.1) is 17.4 Å². The lowest BCUT2D eigenvalue weighted by atomic mass is 9.88. The van der Waals surface area contributed by atoms with Crippen LogP contribution in [0.5, 0.6) is 0 Å². The first-order chi connectivity index (χ1) is 17.7. The summed E-state index contributed by atoms with van der Waals surface area (Å²) in [5.74, 6) is 0.534. The predicted octanol–water partition coefficient (Wildman–Crippen LogP) is 5.03. The van der Waals surface area contributed by atoms with Crippen LogP contribution in [-0.4, -0.2) is 69.2 Å². The van der Waals surface area contributed by atoms with E-state index in [9.17, 15) is 9.90 Å². The maximum absolute atomic E-state index is 12.4. The van der Waals surface area contributed by atoms with Gasteiger partial charge in [0.25, 0.3) is 0 Å². The van der Waals surface area contributed by atoms with Gasteiger partial charge in [-0.3, -0.25) is 9.69 Å². The quantitative estimate of drug-likeness (QED) is 0.507. The third-order valence-electron chi connectivity index (χ3n) is 9.11. The van der Waals surface area contributed by atoms with Crippen LogP contribution in [0.2, 0.25) is 0 Å². The second kappa shape index (κ2) is 10.3. The number of piperidine rings is 1. The van der Waals surface area contributed by atoms with E-state index in [4.69, 9.17) is 0 Å². The van der Waals surface area contributed by atoms with Crippen LogP contribution in [0.1, 0.15) is 56.0 Å². The van der Waals surface area contributed by atoms with Crippen LogP contribution in [-0.2, 0) is 4.79 Å². The van der Waals surface area contributed by atoms with Gasteiger partial charge in [0.2, 0.25) is 0 Å². The molecule has 0 radical (unpaired) electrons. The van der Waals surface area contributed by atoms with Crippen LogP contribution in [0.25, 0.3) is 11.0 Å². The molecule has 6 nitrogen and oxygen atoms in total. The van der Waals surface area contributed by atoms with Gasteiger partial charge in [0.15, 0.2) is 0 Å². The number of aliphatic carboxylic acids is 1. The molecule has 0 amide bonds. The van der Waals surface area contributed by atoms with Crippen molar-refractivity contribution in [3.8, 4) is 0 Å². The van der Waals surface area contributed by atoms with Crippen LogP contribution in [0.15, 0.2) is 60.9 Å². The van der Waals surface area contributed by atoms with Crippen LogP contribution < -0.4 is 0 Å². The lowest BCUT2D eigenvalue weighted by Crippen LogP contribution is -2.45. The number of fused-ring (bicyclic) bond motifs is 1. The highest BCUT2D eigenvalue weighted by Crippen LogP contribution is 2.39. The van der Waals surface area contributed by atoms with Crippen molar-refractivity contribution in [3.05, 3.63) is 66.5 Å². The van der Waals surface area contributed by atoms with E-state index in [0.717, 1.165) is 63.9 Å². The lowest BCUT2D eigenvalue weighted by molar-refractivity contribution is -0.145. The number of hydrogen-bond donors (Lipinski definition) is 1. The van der Waals surface area contributed by atoms with Crippen LogP contribution in [0.4, 0.5) is 0 Å². The third kappa shape index (κ3) is 4.69. The summed E-state index contributed by atoms with van der Waals surface area (Å²) in [6.45, 7) is 4.96. The highest BCUT2D eigenvalue weighted by atomic mass is 16.4.